The lowest BCUT2D eigenvalue weighted by atomic mass is 9.94. The number of carbonyl (C=O) groups is 1. The molecule has 1 saturated heterocycles. The first kappa shape index (κ1) is 11.5. The molecule has 2 N–H and O–H groups in total. The molecule has 3 heteroatoms. The molecule has 14 heavy (non-hydrogen) atoms. The zero-order valence-corrected chi connectivity index (χ0v) is 9.49. The molecule has 1 heterocycles. The van der Waals surface area contributed by atoms with Crippen LogP contribution < -0.4 is 5.73 Å². The molecule has 0 aromatic carbocycles. The van der Waals surface area contributed by atoms with Crippen LogP contribution in [0.5, 0.6) is 0 Å². The Balaban J connectivity index is 2.51. The molecule has 0 spiro atoms. The van der Waals surface area contributed by atoms with Crippen LogP contribution in [0.2, 0.25) is 0 Å². The summed E-state index contributed by atoms with van der Waals surface area (Å²) in [7, 11) is 0. The van der Waals surface area contributed by atoms with Crippen LogP contribution in [0.3, 0.4) is 0 Å². The highest BCUT2D eigenvalue weighted by atomic mass is 16.2. The van der Waals surface area contributed by atoms with Gasteiger partial charge in [0.25, 0.3) is 0 Å². The van der Waals surface area contributed by atoms with Crippen LogP contribution in [-0.2, 0) is 4.79 Å². The molecule has 0 saturated carbocycles. The molecule has 1 rings (SSSR count). The lowest BCUT2D eigenvalue weighted by Crippen LogP contribution is -2.46. The normalized spacial score (nSPS) is 30.1. The molecule has 0 aromatic rings. The van der Waals surface area contributed by atoms with E-state index < -0.39 is 0 Å². The first-order chi connectivity index (χ1) is 6.50. The molecular formula is C11H22N2O. The summed E-state index contributed by atoms with van der Waals surface area (Å²) in [6.07, 6.45) is 2.85. The Labute approximate surface area is 86.6 Å². The summed E-state index contributed by atoms with van der Waals surface area (Å²) in [5.74, 6) is 0.863. The zero-order valence-electron chi connectivity index (χ0n) is 9.49. The fourth-order valence-corrected chi connectivity index (χ4v) is 2.03. The van der Waals surface area contributed by atoms with E-state index in [4.69, 9.17) is 5.73 Å². The number of amides is 1. The van der Waals surface area contributed by atoms with Gasteiger partial charge in [-0.2, -0.15) is 0 Å². The number of nitrogens with two attached hydrogens (primary N) is 1. The summed E-state index contributed by atoms with van der Waals surface area (Å²) >= 11 is 0. The average Bonchev–Trinajstić information content (AvgIpc) is 2.08. The Morgan fingerprint density at radius 1 is 1.50 bits per heavy atom. The van der Waals surface area contributed by atoms with Gasteiger partial charge in [0.05, 0.1) is 0 Å². The second-order valence-corrected chi connectivity index (χ2v) is 4.76. The summed E-state index contributed by atoms with van der Waals surface area (Å²) in [5.41, 5.74) is 5.63. The van der Waals surface area contributed by atoms with Crippen LogP contribution in [0.25, 0.3) is 0 Å². The lowest BCUT2D eigenvalue weighted by Gasteiger charge is -2.37. The Morgan fingerprint density at radius 3 is 2.71 bits per heavy atom. The predicted molar refractivity (Wildman–Crippen MR) is 57.8 cm³/mol. The predicted octanol–water partition coefficient (Wildman–Crippen LogP) is 1.37. The van der Waals surface area contributed by atoms with E-state index in [-0.39, 0.29) is 11.9 Å². The van der Waals surface area contributed by atoms with Crippen LogP contribution in [0.4, 0.5) is 0 Å². The maximum absolute atomic E-state index is 11.8. The Bertz CT molecular complexity index is 203. The molecule has 1 aliphatic rings. The van der Waals surface area contributed by atoms with Crippen molar-refractivity contribution in [3.8, 4) is 0 Å². The molecule has 1 aliphatic heterocycles. The highest BCUT2D eigenvalue weighted by Gasteiger charge is 2.26. The van der Waals surface area contributed by atoms with Crippen molar-refractivity contribution in [2.45, 2.75) is 52.1 Å². The van der Waals surface area contributed by atoms with Crippen molar-refractivity contribution in [2.24, 2.45) is 11.7 Å². The third-order valence-electron chi connectivity index (χ3n) is 2.93. The van der Waals surface area contributed by atoms with Crippen molar-refractivity contribution >= 4 is 5.91 Å². The van der Waals surface area contributed by atoms with Crippen LogP contribution >= 0.6 is 0 Å². The minimum absolute atomic E-state index is 0.0214. The molecular weight excluding hydrogens is 176 g/mol. The number of likely N-dealkylation sites (tertiary alicyclic amines) is 1. The number of hydrogen-bond acceptors (Lipinski definition) is 2. The van der Waals surface area contributed by atoms with E-state index in [1.165, 1.54) is 6.42 Å². The number of nitrogens with zero attached hydrogens (tertiary/aromatic N) is 1. The maximum Gasteiger partial charge on any atom is 0.224 e. The van der Waals surface area contributed by atoms with Crippen LogP contribution in [0.1, 0.15) is 40.0 Å². The molecule has 0 bridgehead atoms. The van der Waals surface area contributed by atoms with E-state index in [0.29, 0.717) is 18.4 Å². The van der Waals surface area contributed by atoms with Crippen LogP contribution in [-0.4, -0.2) is 29.4 Å². The molecule has 1 amide bonds. The number of piperidine rings is 1. The van der Waals surface area contributed by atoms with E-state index in [0.717, 1.165) is 13.0 Å². The minimum Gasteiger partial charge on any atom is -0.340 e. The van der Waals surface area contributed by atoms with Crippen molar-refractivity contribution in [1.82, 2.24) is 4.90 Å². The molecule has 0 aliphatic carbocycles. The average molecular weight is 198 g/mol. The minimum atomic E-state index is -0.0214. The number of rotatable bonds is 2. The summed E-state index contributed by atoms with van der Waals surface area (Å²) in [5, 5.41) is 0. The van der Waals surface area contributed by atoms with Crippen molar-refractivity contribution in [1.29, 1.82) is 0 Å². The molecule has 1 fully saturated rings. The van der Waals surface area contributed by atoms with E-state index in [1.54, 1.807) is 0 Å². The summed E-state index contributed by atoms with van der Waals surface area (Å²) in [6, 6.07) is 0.379. The molecule has 3 atom stereocenters. The van der Waals surface area contributed by atoms with Gasteiger partial charge < -0.3 is 10.6 Å². The second-order valence-electron chi connectivity index (χ2n) is 4.76. The maximum atomic E-state index is 11.8. The zero-order chi connectivity index (χ0) is 10.7. The van der Waals surface area contributed by atoms with Gasteiger partial charge >= 0.3 is 0 Å². The highest BCUT2D eigenvalue weighted by Crippen LogP contribution is 2.21. The van der Waals surface area contributed by atoms with Gasteiger partial charge in [-0.25, -0.2) is 0 Å². The third kappa shape index (κ3) is 2.98. The number of hydrogen-bond donors (Lipinski definition) is 1. The Hall–Kier alpha value is -0.570. The monoisotopic (exact) mass is 198 g/mol. The molecule has 82 valence electrons. The van der Waals surface area contributed by atoms with Gasteiger partial charge in [-0.15, -0.1) is 0 Å². The molecule has 0 radical (unpaired) electrons. The topological polar surface area (TPSA) is 46.3 Å². The fourth-order valence-electron chi connectivity index (χ4n) is 2.03. The smallest absolute Gasteiger partial charge is 0.224 e. The lowest BCUT2D eigenvalue weighted by molar-refractivity contribution is -0.135. The van der Waals surface area contributed by atoms with E-state index in [9.17, 15) is 4.79 Å². The number of carbonyl (C=O) groups excluding carboxylic acids is 1. The first-order valence-electron chi connectivity index (χ1n) is 5.55. The van der Waals surface area contributed by atoms with Gasteiger partial charge in [-0.05, 0) is 32.6 Å². The van der Waals surface area contributed by atoms with Gasteiger partial charge in [-0.3, -0.25) is 4.79 Å². The fraction of sp³-hybridized carbons (Fsp3) is 0.909. The van der Waals surface area contributed by atoms with Crippen LogP contribution in [0.15, 0.2) is 0 Å². The molecule has 3 unspecified atom stereocenters. The summed E-state index contributed by atoms with van der Waals surface area (Å²) < 4.78 is 0. The standard InChI is InChI=1S/C11H22N2O/c1-8-4-5-10(3)13(7-8)11(14)6-9(2)12/h8-10H,4-7,12H2,1-3H3. The molecule has 0 aromatic heterocycles. The SMILES string of the molecule is CC(N)CC(=O)N1CC(C)CCC1C. The largest absolute Gasteiger partial charge is 0.340 e. The summed E-state index contributed by atoms with van der Waals surface area (Å²) in [6.45, 7) is 7.13. The first-order valence-corrected chi connectivity index (χ1v) is 5.55. The van der Waals surface area contributed by atoms with Crippen molar-refractivity contribution < 1.29 is 4.79 Å². The highest BCUT2D eigenvalue weighted by molar-refractivity contribution is 5.77. The Morgan fingerprint density at radius 2 is 2.14 bits per heavy atom. The quantitative estimate of drug-likeness (QED) is 0.728. The van der Waals surface area contributed by atoms with Crippen LogP contribution in [0, 0.1) is 5.92 Å². The summed E-state index contributed by atoms with van der Waals surface area (Å²) in [4.78, 5) is 13.8. The second kappa shape index (κ2) is 4.78. The van der Waals surface area contributed by atoms with E-state index in [2.05, 4.69) is 13.8 Å². The van der Waals surface area contributed by atoms with Gasteiger partial charge in [0.2, 0.25) is 5.91 Å². The van der Waals surface area contributed by atoms with Crippen molar-refractivity contribution in [3.63, 3.8) is 0 Å². The van der Waals surface area contributed by atoms with Crippen molar-refractivity contribution in [3.05, 3.63) is 0 Å². The van der Waals surface area contributed by atoms with Gasteiger partial charge in [-0.1, -0.05) is 6.92 Å². The Kier molecular flexibility index (Phi) is 3.93. The molecule has 3 nitrogen and oxygen atoms in total. The third-order valence-corrected chi connectivity index (χ3v) is 2.93. The van der Waals surface area contributed by atoms with Gasteiger partial charge in [0, 0.05) is 25.0 Å². The van der Waals surface area contributed by atoms with Gasteiger partial charge in [0.1, 0.15) is 0 Å². The van der Waals surface area contributed by atoms with E-state index >= 15 is 0 Å². The van der Waals surface area contributed by atoms with Crippen molar-refractivity contribution in [2.75, 3.05) is 6.54 Å². The van der Waals surface area contributed by atoms with E-state index in [1.807, 2.05) is 11.8 Å². The van der Waals surface area contributed by atoms with Gasteiger partial charge in [0.15, 0.2) is 0 Å².